The Kier molecular flexibility index (Phi) is 3.51. The van der Waals surface area contributed by atoms with Crippen molar-refractivity contribution in [3.8, 4) is 11.1 Å². The van der Waals surface area contributed by atoms with Crippen molar-refractivity contribution in [1.29, 1.82) is 0 Å². The second kappa shape index (κ2) is 4.76. The maximum Gasteiger partial charge on any atom is 0.346 e. The van der Waals surface area contributed by atoms with Crippen LogP contribution in [0.25, 0.3) is 11.1 Å². The van der Waals surface area contributed by atoms with Crippen LogP contribution in [-0.2, 0) is 0 Å². The van der Waals surface area contributed by atoms with Crippen molar-refractivity contribution in [3.63, 3.8) is 0 Å². The van der Waals surface area contributed by atoms with Crippen LogP contribution in [0.2, 0.25) is 5.02 Å². The number of carbonyl (C=O) groups is 1. The molecule has 1 N–H and O–H groups in total. The molecule has 0 radical (unpaired) electrons. The van der Waals surface area contributed by atoms with E-state index in [4.69, 9.17) is 16.7 Å². The van der Waals surface area contributed by atoms with Crippen molar-refractivity contribution in [1.82, 2.24) is 0 Å². The van der Waals surface area contributed by atoms with Crippen LogP contribution in [0.5, 0.6) is 0 Å². The summed E-state index contributed by atoms with van der Waals surface area (Å²) in [7, 11) is 0. The molecule has 0 fully saturated rings. The zero-order chi connectivity index (χ0) is 12.6. The van der Waals surface area contributed by atoms with E-state index in [1.807, 2.05) is 0 Å². The first kappa shape index (κ1) is 12.5. The quantitative estimate of drug-likeness (QED) is 0.810. The van der Waals surface area contributed by atoms with Gasteiger partial charge in [-0.2, -0.15) is 0 Å². The van der Waals surface area contributed by atoms with Crippen LogP contribution in [0.3, 0.4) is 0 Å². The van der Waals surface area contributed by atoms with E-state index in [2.05, 4.69) is 15.9 Å². The molecule has 0 aliphatic heterocycles. The number of carboxylic acids is 1. The van der Waals surface area contributed by atoms with Crippen LogP contribution in [0.1, 0.15) is 9.67 Å². The van der Waals surface area contributed by atoms with Gasteiger partial charge in [-0.1, -0.05) is 17.7 Å². The summed E-state index contributed by atoms with van der Waals surface area (Å²) >= 11 is 9.92. The Balaban J connectivity index is 2.65. The molecule has 6 heteroatoms. The first-order chi connectivity index (χ1) is 8.02. The van der Waals surface area contributed by atoms with Crippen molar-refractivity contribution < 1.29 is 14.3 Å². The fourth-order valence-electron chi connectivity index (χ4n) is 1.42. The van der Waals surface area contributed by atoms with Crippen molar-refractivity contribution >= 4 is 44.8 Å². The van der Waals surface area contributed by atoms with Gasteiger partial charge in [0.25, 0.3) is 0 Å². The van der Waals surface area contributed by atoms with Crippen LogP contribution in [0.4, 0.5) is 4.39 Å². The minimum atomic E-state index is -1.08. The number of hydrogen-bond acceptors (Lipinski definition) is 2. The second-order valence-corrected chi connectivity index (χ2v) is 5.34. The average Bonchev–Trinajstić information content (AvgIpc) is 2.75. The van der Waals surface area contributed by atoms with Gasteiger partial charge in [-0.25, -0.2) is 9.18 Å². The molecule has 0 bridgehead atoms. The Morgan fingerprint density at radius 2 is 2.06 bits per heavy atom. The molecule has 1 aromatic carbocycles. The van der Waals surface area contributed by atoms with E-state index in [1.54, 1.807) is 17.5 Å². The fraction of sp³-hybridized carbons (Fsp3) is 0. The molecule has 0 atom stereocenters. The van der Waals surface area contributed by atoms with Crippen LogP contribution in [-0.4, -0.2) is 11.1 Å². The van der Waals surface area contributed by atoms with Gasteiger partial charge < -0.3 is 5.11 Å². The average molecular weight is 336 g/mol. The molecule has 2 aromatic rings. The standard InChI is InChI=1S/C11H5BrClFO2S/c12-7-2-1-5(9(14)8(7)13)6-3-4-17-10(6)11(15)16/h1-4H,(H,15,16). The summed E-state index contributed by atoms with van der Waals surface area (Å²) in [4.78, 5) is 11.1. The molecule has 2 rings (SSSR count). The summed E-state index contributed by atoms with van der Waals surface area (Å²) in [6.45, 7) is 0. The number of hydrogen-bond donors (Lipinski definition) is 1. The lowest BCUT2D eigenvalue weighted by molar-refractivity contribution is 0.0703. The molecule has 0 spiro atoms. The van der Waals surface area contributed by atoms with Gasteiger partial charge in [0.2, 0.25) is 0 Å². The molecule has 0 aliphatic rings. The lowest BCUT2D eigenvalue weighted by Crippen LogP contribution is -1.96. The summed E-state index contributed by atoms with van der Waals surface area (Å²) in [5.41, 5.74) is 0.534. The first-order valence-corrected chi connectivity index (χ1v) is 6.52. The minimum Gasteiger partial charge on any atom is -0.477 e. The number of rotatable bonds is 2. The number of aromatic carboxylic acids is 1. The van der Waals surface area contributed by atoms with Crippen LogP contribution < -0.4 is 0 Å². The summed E-state index contributed by atoms with van der Waals surface area (Å²) < 4.78 is 14.4. The van der Waals surface area contributed by atoms with E-state index in [9.17, 15) is 9.18 Å². The highest BCUT2D eigenvalue weighted by molar-refractivity contribution is 9.10. The maximum absolute atomic E-state index is 13.9. The molecule has 2 nitrogen and oxygen atoms in total. The summed E-state index contributed by atoms with van der Waals surface area (Å²) in [5, 5.41) is 10.5. The number of halogens is 3. The second-order valence-electron chi connectivity index (χ2n) is 3.19. The van der Waals surface area contributed by atoms with Gasteiger partial charge in [-0.05, 0) is 33.4 Å². The fourth-order valence-corrected chi connectivity index (χ4v) is 2.64. The van der Waals surface area contributed by atoms with E-state index in [0.29, 0.717) is 10.0 Å². The predicted molar refractivity (Wildman–Crippen MR) is 69.4 cm³/mol. The summed E-state index contributed by atoms with van der Waals surface area (Å²) in [5.74, 6) is -1.70. The van der Waals surface area contributed by atoms with Crippen LogP contribution in [0, 0.1) is 5.82 Å². The van der Waals surface area contributed by atoms with Crippen molar-refractivity contribution in [2.75, 3.05) is 0 Å². The Morgan fingerprint density at radius 1 is 1.35 bits per heavy atom. The van der Waals surface area contributed by atoms with Crippen molar-refractivity contribution in [2.45, 2.75) is 0 Å². The zero-order valence-corrected chi connectivity index (χ0v) is 11.4. The van der Waals surface area contributed by atoms with Crippen LogP contribution in [0.15, 0.2) is 28.1 Å². The molecule has 88 valence electrons. The maximum atomic E-state index is 13.9. The monoisotopic (exact) mass is 334 g/mol. The SMILES string of the molecule is O=C(O)c1sccc1-c1ccc(Br)c(Cl)c1F. The topological polar surface area (TPSA) is 37.3 Å². The van der Waals surface area contributed by atoms with Gasteiger partial charge in [-0.3, -0.25) is 0 Å². The van der Waals surface area contributed by atoms with E-state index in [0.717, 1.165) is 11.3 Å². The van der Waals surface area contributed by atoms with Crippen LogP contribution >= 0.6 is 38.9 Å². The first-order valence-electron chi connectivity index (χ1n) is 4.47. The Labute approximate surface area is 114 Å². The largest absolute Gasteiger partial charge is 0.477 e. The molecule has 0 unspecified atom stereocenters. The molecule has 1 heterocycles. The Bertz CT molecular complexity index is 597. The lowest BCUT2D eigenvalue weighted by Gasteiger charge is -2.05. The molecular weight excluding hydrogens is 331 g/mol. The van der Waals surface area contributed by atoms with Gasteiger partial charge in [-0.15, -0.1) is 11.3 Å². The minimum absolute atomic E-state index is 0.0509. The highest BCUT2D eigenvalue weighted by Gasteiger charge is 2.18. The normalized spacial score (nSPS) is 10.5. The highest BCUT2D eigenvalue weighted by atomic mass is 79.9. The molecule has 1 aromatic heterocycles. The van der Waals surface area contributed by atoms with Gasteiger partial charge in [0.1, 0.15) is 4.88 Å². The van der Waals surface area contributed by atoms with E-state index in [1.165, 1.54) is 6.07 Å². The van der Waals surface area contributed by atoms with E-state index < -0.39 is 11.8 Å². The molecule has 17 heavy (non-hydrogen) atoms. The highest BCUT2D eigenvalue weighted by Crippen LogP contribution is 2.36. The third-order valence-electron chi connectivity index (χ3n) is 2.18. The third kappa shape index (κ3) is 2.22. The number of thiophene rings is 1. The Morgan fingerprint density at radius 3 is 2.71 bits per heavy atom. The van der Waals surface area contributed by atoms with E-state index >= 15 is 0 Å². The summed E-state index contributed by atoms with van der Waals surface area (Å²) in [6, 6.07) is 4.65. The van der Waals surface area contributed by atoms with Gasteiger partial charge in [0.15, 0.2) is 5.82 Å². The molecule has 0 amide bonds. The van der Waals surface area contributed by atoms with Crippen molar-refractivity contribution in [3.05, 3.63) is 43.8 Å². The Hall–Kier alpha value is -0.910. The molecular formula is C11H5BrClFO2S. The van der Waals surface area contributed by atoms with Gasteiger partial charge in [0, 0.05) is 15.6 Å². The van der Waals surface area contributed by atoms with Crippen molar-refractivity contribution in [2.24, 2.45) is 0 Å². The number of benzene rings is 1. The molecule has 0 saturated heterocycles. The smallest absolute Gasteiger partial charge is 0.346 e. The van der Waals surface area contributed by atoms with Gasteiger partial charge >= 0.3 is 5.97 Å². The zero-order valence-electron chi connectivity index (χ0n) is 8.21. The molecule has 0 saturated carbocycles. The lowest BCUT2D eigenvalue weighted by atomic mass is 10.1. The predicted octanol–water partition coefficient (Wildman–Crippen LogP) is 4.67. The molecule has 0 aliphatic carbocycles. The summed E-state index contributed by atoms with van der Waals surface area (Å²) in [6.07, 6.45) is 0. The number of carboxylic acid groups (broad SMARTS) is 1. The van der Waals surface area contributed by atoms with Gasteiger partial charge in [0.05, 0.1) is 5.02 Å². The third-order valence-corrected chi connectivity index (χ3v) is 4.35. The van der Waals surface area contributed by atoms with E-state index in [-0.39, 0.29) is 15.5 Å².